The highest BCUT2D eigenvalue weighted by atomic mass is 16.5. The third kappa shape index (κ3) is 3.97. The lowest BCUT2D eigenvalue weighted by molar-refractivity contribution is 0.0939. The third-order valence-corrected chi connectivity index (χ3v) is 4.60. The summed E-state index contributed by atoms with van der Waals surface area (Å²) < 4.78 is 7.30. The number of carbonyl (C=O) groups excluding carboxylic acids is 1. The molecule has 22 heavy (non-hydrogen) atoms. The van der Waals surface area contributed by atoms with Crippen LogP contribution in [0.5, 0.6) is 0 Å². The van der Waals surface area contributed by atoms with Crippen molar-refractivity contribution in [3.8, 4) is 0 Å². The van der Waals surface area contributed by atoms with Crippen molar-refractivity contribution in [3.63, 3.8) is 0 Å². The van der Waals surface area contributed by atoms with Gasteiger partial charge < -0.3 is 14.4 Å². The Bertz CT molecular complexity index is 510. The lowest BCUT2D eigenvalue weighted by Gasteiger charge is -2.14. The summed E-state index contributed by atoms with van der Waals surface area (Å²) in [6.45, 7) is 8.10. The topological polar surface area (TPSA) is 54.7 Å². The average Bonchev–Trinajstić information content (AvgIpc) is 3.06. The van der Waals surface area contributed by atoms with Gasteiger partial charge in [0.25, 0.3) is 0 Å². The molecule has 5 nitrogen and oxygen atoms in total. The Morgan fingerprint density at radius 1 is 1.45 bits per heavy atom. The quantitative estimate of drug-likeness (QED) is 0.586. The van der Waals surface area contributed by atoms with Gasteiger partial charge in [-0.1, -0.05) is 0 Å². The SMILES string of the molecule is COCCCn1c(C)cc(C(=O)CN2CCC(CO)C2)c1C. The summed E-state index contributed by atoms with van der Waals surface area (Å²) in [6.07, 6.45) is 1.94. The highest BCUT2D eigenvalue weighted by Crippen LogP contribution is 2.19. The molecule has 1 aromatic rings. The van der Waals surface area contributed by atoms with Crippen LogP contribution >= 0.6 is 0 Å². The summed E-state index contributed by atoms with van der Waals surface area (Å²) in [5, 5.41) is 9.20. The molecule has 1 N–H and O–H groups in total. The largest absolute Gasteiger partial charge is 0.396 e. The second-order valence-corrected chi connectivity index (χ2v) is 6.28. The first-order valence-corrected chi connectivity index (χ1v) is 8.09. The van der Waals surface area contributed by atoms with Crippen LogP contribution < -0.4 is 0 Å². The molecule has 0 aromatic carbocycles. The van der Waals surface area contributed by atoms with Gasteiger partial charge in [0.2, 0.25) is 0 Å². The first-order chi connectivity index (χ1) is 10.6. The normalized spacial score (nSPS) is 19.0. The van der Waals surface area contributed by atoms with E-state index in [0.717, 1.165) is 56.0 Å². The van der Waals surface area contributed by atoms with Gasteiger partial charge in [0.1, 0.15) is 0 Å². The first-order valence-electron chi connectivity index (χ1n) is 8.09. The van der Waals surface area contributed by atoms with Crippen LogP contribution in [-0.2, 0) is 11.3 Å². The number of likely N-dealkylation sites (tertiary alicyclic amines) is 1. The number of methoxy groups -OCH3 is 1. The minimum absolute atomic E-state index is 0.185. The monoisotopic (exact) mass is 308 g/mol. The van der Waals surface area contributed by atoms with Crippen molar-refractivity contribution >= 4 is 5.78 Å². The summed E-state index contributed by atoms with van der Waals surface area (Å²) in [5.74, 6) is 0.513. The van der Waals surface area contributed by atoms with Crippen molar-refractivity contribution in [1.29, 1.82) is 0 Å². The zero-order valence-electron chi connectivity index (χ0n) is 14.0. The van der Waals surface area contributed by atoms with E-state index in [2.05, 4.69) is 9.47 Å². The number of hydrogen-bond acceptors (Lipinski definition) is 4. The lowest BCUT2D eigenvalue weighted by Crippen LogP contribution is -2.28. The third-order valence-electron chi connectivity index (χ3n) is 4.60. The minimum atomic E-state index is 0.185. The van der Waals surface area contributed by atoms with Gasteiger partial charge in [-0.25, -0.2) is 0 Å². The van der Waals surface area contributed by atoms with E-state index in [1.807, 2.05) is 19.9 Å². The standard InChI is InChI=1S/C17H28N2O3/c1-13-9-16(14(2)19(13)6-4-8-22-3)17(21)11-18-7-5-15(10-18)12-20/h9,15,20H,4-8,10-12H2,1-3H3. The van der Waals surface area contributed by atoms with Crippen molar-refractivity contribution in [2.45, 2.75) is 33.2 Å². The number of carbonyl (C=O) groups is 1. The van der Waals surface area contributed by atoms with E-state index in [0.29, 0.717) is 12.5 Å². The van der Waals surface area contributed by atoms with Crippen molar-refractivity contribution in [2.24, 2.45) is 5.92 Å². The van der Waals surface area contributed by atoms with Crippen molar-refractivity contribution in [1.82, 2.24) is 9.47 Å². The molecule has 0 radical (unpaired) electrons. The van der Waals surface area contributed by atoms with Gasteiger partial charge in [0, 0.05) is 50.4 Å². The number of aryl methyl sites for hydroxylation is 1. The first kappa shape index (κ1) is 17.2. The molecule has 0 spiro atoms. The van der Waals surface area contributed by atoms with Crippen LogP contribution in [0.3, 0.4) is 0 Å². The molecule has 124 valence electrons. The Morgan fingerprint density at radius 2 is 2.23 bits per heavy atom. The molecular formula is C17H28N2O3. The van der Waals surface area contributed by atoms with Crippen LogP contribution in [0.2, 0.25) is 0 Å². The van der Waals surface area contributed by atoms with Gasteiger partial charge in [-0.2, -0.15) is 0 Å². The van der Waals surface area contributed by atoms with Crippen LogP contribution in [-0.4, -0.2) is 60.3 Å². The molecule has 1 aliphatic heterocycles. The lowest BCUT2D eigenvalue weighted by atomic mass is 10.1. The van der Waals surface area contributed by atoms with Gasteiger partial charge in [-0.15, -0.1) is 0 Å². The van der Waals surface area contributed by atoms with E-state index >= 15 is 0 Å². The van der Waals surface area contributed by atoms with E-state index < -0.39 is 0 Å². The smallest absolute Gasteiger partial charge is 0.178 e. The van der Waals surface area contributed by atoms with Crippen molar-refractivity contribution < 1.29 is 14.6 Å². The van der Waals surface area contributed by atoms with Gasteiger partial charge in [-0.3, -0.25) is 9.69 Å². The Labute approximate surface area is 132 Å². The highest BCUT2D eigenvalue weighted by Gasteiger charge is 2.25. The molecule has 1 saturated heterocycles. The van der Waals surface area contributed by atoms with E-state index in [4.69, 9.17) is 4.74 Å². The molecule has 2 heterocycles. The maximum absolute atomic E-state index is 12.6. The summed E-state index contributed by atoms with van der Waals surface area (Å²) >= 11 is 0. The fourth-order valence-corrected chi connectivity index (χ4v) is 3.29. The molecule has 1 aliphatic rings. The zero-order chi connectivity index (χ0) is 16.1. The summed E-state index contributed by atoms with van der Waals surface area (Å²) in [5.41, 5.74) is 3.02. The van der Waals surface area contributed by atoms with Gasteiger partial charge >= 0.3 is 0 Å². The number of aliphatic hydroxyl groups is 1. The Balaban J connectivity index is 1.99. The minimum Gasteiger partial charge on any atom is -0.396 e. The predicted octanol–water partition coefficient (Wildman–Crippen LogP) is 1.64. The number of ether oxygens (including phenoxy) is 1. The van der Waals surface area contributed by atoms with E-state index in [1.165, 1.54) is 0 Å². The summed E-state index contributed by atoms with van der Waals surface area (Å²) in [6, 6.07) is 2.00. The number of aliphatic hydroxyl groups excluding tert-OH is 1. The fraction of sp³-hybridized carbons (Fsp3) is 0.706. The average molecular weight is 308 g/mol. The maximum atomic E-state index is 12.6. The highest BCUT2D eigenvalue weighted by molar-refractivity contribution is 5.99. The Morgan fingerprint density at radius 3 is 2.86 bits per heavy atom. The number of ketones is 1. The Hall–Kier alpha value is -1.17. The number of Topliss-reactive ketones (excluding diaryl/α,β-unsaturated/α-hetero) is 1. The van der Waals surface area contributed by atoms with Crippen LogP contribution in [0.25, 0.3) is 0 Å². The van der Waals surface area contributed by atoms with Gasteiger partial charge in [0.15, 0.2) is 5.78 Å². The molecular weight excluding hydrogens is 280 g/mol. The molecule has 1 unspecified atom stereocenters. The Kier molecular flexibility index (Phi) is 6.17. The van der Waals surface area contributed by atoms with Gasteiger partial charge in [-0.05, 0) is 45.2 Å². The summed E-state index contributed by atoms with van der Waals surface area (Å²) in [4.78, 5) is 14.7. The number of nitrogens with zero attached hydrogens (tertiary/aromatic N) is 2. The molecule has 0 aliphatic carbocycles. The number of aromatic nitrogens is 1. The maximum Gasteiger partial charge on any atom is 0.178 e. The van der Waals surface area contributed by atoms with E-state index in [9.17, 15) is 9.90 Å². The second kappa shape index (κ2) is 7.90. The molecule has 5 heteroatoms. The van der Waals surface area contributed by atoms with Crippen LogP contribution in [0.15, 0.2) is 6.07 Å². The van der Waals surface area contributed by atoms with Crippen molar-refractivity contribution in [2.75, 3.05) is 40.0 Å². The van der Waals surface area contributed by atoms with E-state index in [-0.39, 0.29) is 12.4 Å². The van der Waals surface area contributed by atoms with Gasteiger partial charge in [0.05, 0.1) is 6.54 Å². The zero-order valence-corrected chi connectivity index (χ0v) is 14.0. The summed E-state index contributed by atoms with van der Waals surface area (Å²) in [7, 11) is 1.71. The molecule has 0 bridgehead atoms. The fourth-order valence-electron chi connectivity index (χ4n) is 3.29. The predicted molar refractivity (Wildman–Crippen MR) is 86.4 cm³/mol. The molecule has 0 saturated carbocycles. The molecule has 0 amide bonds. The van der Waals surface area contributed by atoms with Crippen LogP contribution in [0, 0.1) is 19.8 Å². The molecule has 1 aromatic heterocycles. The molecule has 2 rings (SSSR count). The van der Waals surface area contributed by atoms with E-state index in [1.54, 1.807) is 7.11 Å². The van der Waals surface area contributed by atoms with Crippen molar-refractivity contribution in [3.05, 3.63) is 23.0 Å². The number of hydrogen-bond donors (Lipinski definition) is 1. The molecule has 1 atom stereocenters. The van der Waals surface area contributed by atoms with Crippen LogP contribution in [0.1, 0.15) is 34.6 Å². The second-order valence-electron chi connectivity index (χ2n) is 6.28. The van der Waals surface area contributed by atoms with Crippen LogP contribution in [0.4, 0.5) is 0 Å². The molecule has 1 fully saturated rings. The number of rotatable bonds is 8.